The topological polar surface area (TPSA) is 42.3 Å². The average Bonchev–Trinajstić information content (AvgIpc) is 3.26. The Morgan fingerprint density at radius 3 is 2.67 bits per heavy atom. The molecular weight excluding hydrogens is 288 g/mol. The van der Waals surface area contributed by atoms with E-state index in [0.29, 0.717) is 21.0 Å². The average molecular weight is 303 g/mol. The predicted octanol–water partition coefficient (Wildman–Crippen LogP) is 0.793. The summed E-state index contributed by atoms with van der Waals surface area (Å²) in [5.41, 5.74) is 0.567. The summed E-state index contributed by atoms with van der Waals surface area (Å²) in [5, 5.41) is 1.75. The Balaban J connectivity index is 2.61. The lowest BCUT2D eigenvalue weighted by molar-refractivity contribution is 0.563. The van der Waals surface area contributed by atoms with E-state index in [2.05, 4.69) is 0 Å². The fourth-order valence-corrected chi connectivity index (χ4v) is 2.77. The molecule has 1 fully saturated rings. The number of hydrogen-bond acceptors (Lipinski definition) is 3. The third-order valence-electron chi connectivity index (χ3n) is 3.60. The molecule has 108 valence electrons. The summed E-state index contributed by atoms with van der Waals surface area (Å²) < 4.78 is 1.93. The van der Waals surface area contributed by atoms with Crippen molar-refractivity contribution < 1.29 is 4.79 Å². The summed E-state index contributed by atoms with van der Waals surface area (Å²) >= 11 is 6.02. The van der Waals surface area contributed by atoms with E-state index >= 15 is 0 Å². The molecule has 21 heavy (non-hydrogen) atoms. The highest BCUT2D eigenvalue weighted by molar-refractivity contribution is 6.31. The molecule has 0 spiro atoms. The van der Waals surface area contributed by atoms with Gasteiger partial charge < -0.3 is 9.47 Å². The molecule has 0 saturated heterocycles. The molecular formula is C16H15ClN2O2. The Kier molecular flexibility index (Phi) is 3.36. The molecule has 0 unspecified atom stereocenters. The molecule has 0 aliphatic heterocycles. The van der Waals surface area contributed by atoms with Gasteiger partial charge in [0, 0.05) is 36.7 Å². The van der Waals surface area contributed by atoms with E-state index in [0.717, 1.165) is 18.4 Å². The molecule has 1 saturated carbocycles. The molecule has 0 atom stereocenters. The van der Waals surface area contributed by atoms with Crippen LogP contribution in [0.15, 0.2) is 23.0 Å². The van der Waals surface area contributed by atoms with Gasteiger partial charge in [-0.15, -0.1) is 0 Å². The van der Waals surface area contributed by atoms with Gasteiger partial charge in [0.1, 0.15) is 5.35 Å². The summed E-state index contributed by atoms with van der Waals surface area (Å²) in [6, 6.07) is 5.48. The Morgan fingerprint density at radius 1 is 1.38 bits per heavy atom. The molecule has 0 amide bonds. The van der Waals surface area contributed by atoms with Crippen LogP contribution in [0.3, 0.4) is 0 Å². The lowest BCUT2D eigenvalue weighted by atomic mass is 10.1. The van der Waals surface area contributed by atoms with Crippen LogP contribution in [0.25, 0.3) is 17.1 Å². The van der Waals surface area contributed by atoms with Gasteiger partial charge in [0.2, 0.25) is 0 Å². The summed E-state index contributed by atoms with van der Waals surface area (Å²) in [5.74, 6) is 1.96. The summed E-state index contributed by atoms with van der Waals surface area (Å²) in [7, 11) is 3.63. The zero-order valence-corrected chi connectivity index (χ0v) is 12.6. The second-order valence-corrected chi connectivity index (χ2v) is 5.99. The molecule has 4 nitrogen and oxygen atoms in total. The lowest BCUT2D eigenvalue weighted by Gasteiger charge is -2.12. The summed E-state index contributed by atoms with van der Waals surface area (Å²) in [6.07, 6.45) is 3.69. The first-order valence-electron chi connectivity index (χ1n) is 6.80. The molecule has 1 aromatic heterocycles. The van der Waals surface area contributed by atoms with Crippen molar-refractivity contribution >= 4 is 34.6 Å². The van der Waals surface area contributed by atoms with Gasteiger partial charge in [0.15, 0.2) is 11.4 Å². The highest BCUT2D eigenvalue weighted by Gasteiger charge is 2.26. The van der Waals surface area contributed by atoms with Crippen molar-refractivity contribution in [3.05, 3.63) is 44.0 Å². The van der Waals surface area contributed by atoms with E-state index in [1.807, 2.05) is 24.6 Å². The highest BCUT2D eigenvalue weighted by Crippen LogP contribution is 2.35. The van der Waals surface area contributed by atoms with E-state index in [1.54, 1.807) is 29.3 Å². The van der Waals surface area contributed by atoms with Crippen molar-refractivity contribution in [2.24, 2.45) is 0 Å². The Labute approximate surface area is 126 Å². The van der Waals surface area contributed by atoms with Gasteiger partial charge in [-0.25, -0.2) is 4.79 Å². The third kappa shape index (κ3) is 2.37. The summed E-state index contributed by atoms with van der Waals surface area (Å²) in [4.78, 5) is 25.9. The van der Waals surface area contributed by atoms with Crippen LogP contribution in [-0.4, -0.2) is 29.5 Å². The highest BCUT2D eigenvalue weighted by atomic mass is 35.5. The number of pyridine rings is 1. The Bertz CT molecular complexity index is 920. The SMILES string of the molecule is CN(C)C=c1c(=O)c2cc(Cl)ccc2n(C2CC2)c1=C=O. The lowest BCUT2D eigenvalue weighted by Crippen LogP contribution is -2.47. The molecule has 1 aliphatic rings. The molecule has 0 N–H and O–H groups in total. The first-order chi connectivity index (χ1) is 10.0. The number of hydrogen-bond donors (Lipinski definition) is 0. The third-order valence-corrected chi connectivity index (χ3v) is 3.83. The van der Waals surface area contributed by atoms with Gasteiger partial charge in [-0.05, 0) is 31.0 Å². The van der Waals surface area contributed by atoms with Gasteiger partial charge in [-0.1, -0.05) is 11.6 Å². The van der Waals surface area contributed by atoms with Crippen molar-refractivity contribution in [1.29, 1.82) is 0 Å². The van der Waals surface area contributed by atoms with Crippen LogP contribution in [0, 0.1) is 0 Å². The van der Waals surface area contributed by atoms with Crippen LogP contribution in [0.1, 0.15) is 18.9 Å². The molecule has 0 bridgehead atoms. The maximum absolute atomic E-state index is 12.7. The van der Waals surface area contributed by atoms with E-state index < -0.39 is 0 Å². The first kappa shape index (κ1) is 13.9. The van der Waals surface area contributed by atoms with E-state index in [9.17, 15) is 9.59 Å². The van der Waals surface area contributed by atoms with Gasteiger partial charge in [-0.2, -0.15) is 0 Å². The molecule has 2 aromatic rings. The number of carbonyl (C=O) groups excluding carboxylic acids is 1. The van der Waals surface area contributed by atoms with Gasteiger partial charge in [-0.3, -0.25) is 4.79 Å². The zero-order valence-electron chi connectivity index (χ0n) is 11.9. The summed E-state index contributed by atoms with van der Waals surface area (Å²) in [6.45, 7) is 0. The molecule has 0 radical (unpaired) electrons. The molecule has 1 heterocycles. The fourth-order valence-electron chi connectivity index (χ4n) is 2.60. The second-order valence-electron chi connectivity index (χ2n) is 5.55. The van der Waals surface area contributed by atoms with Crippen LogP contribution in [0.2, 0.25) is 5.02 Å². The van der Waals surface area contributed by atoms with Crippen LogP contribution in [-0.2, 0) is 4.79 Å². The van der Waals surface area contributed by atoms with Gasteiger partial charge in [0.05, 0.1) is 10.7 Å². The van der Waals surface area contributed by atoms with Crippen LogP contribution < -0.4 is 16.0 Å². The monoisotopic (exact) mass is 302 g/mol. The smallest absolute Gasteiger partial charge is 0.199 e. The quantitative estimate of drug-likeness (QED) is 0.824. The molecule has 1 aliphatic carbocycles. The van der Waals surface area contributed by atoms with Gasteiger partial charge >= 0.3 is 0 Å². The van der Waals surface area contributed by atoms with Crippen molar-refractivity contribution in [1.82, 2.24) is 9.47 Å². The Hall–Kier alpha value is -2.03. The fraction of sp³-hybridized carbons (Fsp3) is 0.312. The number of aromatic nitrogens is 1. The Morgan fingerprint density at radius 2 is 2.10 bits per heavy atom. The number of halogens is 1. The van der Waals surface area contributed by atoms with Crippen molar-refractivity contribution in [3.63, 3.8) is 0 Å². The minimum absolute atomic E-state index is 0.184. The standard InChI is InChI=1S/C16H15ClN2O2/c1-18(2)8-13-15(9-20)19(11-4-5-11)14-6-3-10(17)7-12(14)16(13)21/h3,6-8,11H,4-5H2,1-2H3. The predicted molar refractivity (Wildman–Crippen MR) is 83.7 cm³/mol. The van der Waals surface area contributed by atoms with Crippen LogP contribution in [0.5, 0.6) is 0 Å². The van der Waals surface area contributed by atoms with Crippen LogP contribution in [0.4, 0.5) is 0 Å². The first-order valence-corrected chi connectivity index (χ1v) is 7.18. The number of benzene rings is 1. The van der Waals surface area contributed by atoms with Gasteiger partial charge in [0.25, 0.3) is 0 Å². The van der Waals surface area contributed by atoms with Crippen molar-refractivity contribution in [3.8, 4) is 0 Å². The molecule has 1 aromatic carbocycles. The maximum Gasteiger partial charge on any atom is 0.199 e. The number of rotatable bonds is 2. The largest absolute Gasteiger partial charge is 0.383 e. The maximum atomic E-state index is 12.7. The second kappa shape index (κ2) is 5.06. The zero-order chi connectivity index (χ0) is 15.1. The van der Waals surface area contributed by atoms with E-state index in [4.69, 9.17) is 11.6 Å². The minimum atomic E-state index is -0.184. The van der Waals surface area contributed by atoms with E-state index in [1.165, 1.54) is 0 Å². The van der Waals surface area contributed by atoms with Crippen molar-refractivity contribution in [2.45, 2.75) is 18.9 Å². The normalized spacial score (nSPS) is 15.3. The number of nitrogens with zero attached hydrogens (tertiary/aromatic N) is 2. The van der Waals surface area contributed by atoms with Crippen molar-refractivity contribution in [2.75, 3.05) is 14.1 Å². The molecule has 3 rings (SSSR count). The minimum Gasteiger partial charge on any atom is -0.383 e. The van der Waals surface area contributed by atoms with Crippen LogP contribution >= 0.6 is 11.6 Å². The van der Waals surface area contributed by atoms with E-state index in [-0.39, 0.29) is 11.5 Å². The number of fused-ring (bicyclic) bond motifs is 1. The molecule has 5 heteroatoms.